The summed E-state index contributed by atoms with van der Waals surface area (Å²) in [7, 11) is 1.57. The molecule has 0 atom stereocenters. The summed E-state index contributed by atoms with van der Waals surface area (Å²) in [6.45, 7) is 0. The third-order valence-corrected chi connectivity index (χ3v) is 5.09. The summed E-state index contributed by atoms with van der Waals surface area (Å²) in [4.78, 5) is 29.9. The van der Waals surface area contributed by atoms with Crippen molar-refractivity contribution in [1.29, 1.82) is 0 Å². The third kappa shape index (κ3) is 3.99. The van der Waals surface area contributed by atoms with Gasteiger partial charge in [-0.15, -0.1) is 0 Å². The lowest BCUT2D eigenvalue weighted by atomic mass is 10.3. The summed E-state index contributed by atoms with van der Waals surface area (Å²) in [5.41, 5.74) is 1.44. The Balaban J connectivity index is 1.60. The number of hydrogen-bond acceptors (Lipinski definition) is 6. The highest BCUT2D eigenvalue weighted by atomic mass is 32.2. The van der Waals surface area contributed by atoms with Crippen LogP contribution in [0.5, 0.6) is 5.75 Å². The number of amides is 1. The minimum atomic E-state index is -0.245. The first-order chi connectivity index (χ1) is 14.2. The van der Waals surface area contributed by atoms with Crippen LogP contribution in [0.2, 0.25) is 0 Å². The van der Waals surface area contributed by atoms with Crippen molar-refractivity contribution in [1.82, 2.24) is 19.7 Å². The lowest BCUT2D eigenvalue weighted by Crippen LogP contribution is -2.22. The van der Waals surface area contributed by atoms with E-state index in [-0.39, 0.29) is 17.2 Å². The molecule has 0 saturated carbocycles. The smallest absolute Gasteiger partial charge is 0.269 e. The van der Waals surface area contributed by atoms with Crippen LogP contribution in [0.3, 0.4) is 0 Å². The Hall–Kier alpha value is -3.59. The summed E-state index contributed by atoms with van der Waals surface area (Å²) in [5.74, 6) is 0.511. The van der Waals surface area contributed by atoms with Gasteiger partial charge in [0.05, 0.1) is 24.7 Å². The van der Waals surface area contributed by atoms with Crippen molar-refractivity contribution >= 4 is 34.4 Å². The van der Waals surface area contributed by atoms with E-state index in [1.165, 1.54) is 22.5 Å². The minimum absolute atomic E-state index is 0.0795. The molecule has 0 aliphatic carbocycles. The average Bonchev–Trinajstić information content (AvgIpc) is 3.22. The van der Waals surface area contributed by atoms with Crippen molar-refractivity contribution in [3.8, 4) is 11.4 Å². The number of anilines is 1. The number of hydrogen-bond donors (Lipinski definition) is 2. The number of carbonyl (C=O) groups is 1. The van der Waals surface area contributed by atoms with Crippen molar-refractivity contribution in [2.24, 2.45) is 0 Å². The van der Waals surface area contributed by atoms with Crippen molar-refractivity contribution in [2.45, 2.75) is 5.16 Å². The SMILES string of the molecule is COc1cccc(NC(=O)CSc2nc3[nH]ncc3c(=O)n2-c2ccccc2)c1. The molecule has 0 spiro atoms. The van der Waals surface area contributed by atoms with Crippen LogP contribution in [-0.2, 0) is 4.79 Å². The molecule has 0 fully saturated rings. The van der Waals surface area contributed by atoms with Crippen LogP contribution in [-0.4, -0.2) is 38.5 Å². The van der Waals surface area contributed by atoms with E-state index in [0.717, 1.165) is 0 Å². The fraction of sp³-hybridized carbons (Fsp3) is 0.100. The van der Waals surface area contributed by atoms with E-state index in [9.17, 15) is 9.59 Å². The Morgan fingerprint density at radius 3 is 2.83 bits per heavy atom. The number of H-pyrrole nitrogens is 1. The standard InChI is InChI=1S/C20H17N5O3S/c1-28-15-9-5-6-13(10-15)22-17(26)12-29-20-23-18-16(11-21-24-18)19(27)25(20)14-7-3-2-4-8-14/h2-11H,12H2,1H3,(H,21,24)(H,22,26). The zero-order valence-electron chi connectivity index (χ0n) is 15.5. The molecule has 9 heteroatoms. The first kappa shape index (κ1) is 18.8. The van der Waals surface area contributed by atoms with Gasteiger partial charge in [0.2, 0.25) is 5.91 Å². The number of methoxy groups -OCH3 is 1. The molecule has 0 unspecified atom stereocenters. The summed E-state index contributed by atoms with van der Waals surface area (Å²) < 4.78 is 6.65. The van der Waals surface area contributed by atoms with E-state index in [4.69, 9.17) is 4.74 Å². The fourth-order valence-corrected chi connectivity index (χ4v) is 3.61. The fourth-order valence-electron chi connectivity index (χ4n) is 2.80. The first-order valence-electron chi connectivity index (χ1n) is 8.74. The second-order valence-corrected chi connectivity index (χ2v) is 7.01. The maximum absolute atomic E-state index is 13.0. The number of nitrogens with one attached hydrogen (secondary N) is 2. The zero-order valence-corrected chi connectivity index (χ0v) is 16.3. The number of aromatic amines is 1. The molecule has 29 heavy (non-hydrogen) atoms. The Morgan fingerprint density at radius 1 is 1.21 bits per heavy atom. The monoisotopic (exact) mass is 407 g/mol. The number of benzene rings is 2. The van der Waals surface area contributed by atoms with Crippen LogP contribution >= 0.6 is 11.8 Å². The predicted octanol–water partition coefficient (Wildman–Crippen LogP) is 2.85. The van der Waals surface area contributed by atoms with Crippen molar-refractivity contribution < 1.29 is 9.53 Å². The van der Waals surface area contributed by atoms with Gasteiger partial charge < -0.3 is 10.1 Å². The number of fused-ring (bicyclic) bond motifs is 1. The summed E-state index contributed by atoms with van der Waals surface area (Å²) in [5, 5.41) is 10.2. The number of para-hydroxylation sites is 1. The molecule has 0 radical (unpaired) electrons. The van der Waals surface area contributed by atoms with E-state index >= 15 is 0 Å². The van der Waals surface area contributed by atoms with Gasteiger partial charge in [0, 0.05) is 11.8 Å². The van der Waals surface area contributed by atoms with Crippen LogP contribution < -0.4 is 15.6 Å². The van der Waals surface area contributed by atoms with Gasteiger partial charge in [-0.05, 0) is 24.3 Å². The van der Waals surface area contributed by atoms with Crippen molar-refractivity contribution in [2.75, 3.05) is 18.2 Å². The Kier molecular flexibility index (Phi) is 5.30. The zero-order chi connectivity index (χ0) is 20.2. The third-order valence-electron chi connectivity index (χ3n) is 4.15. The Morgan fingerprint density at radius 2 is 2.03 bits per heavy atom. The molecule has 0 bridgehead atoms. The molecular formula is C20H17N5O3S. The van der Waals surface area contributed by atoms with Gasteiger partial charge in [-0.25, -0.2) is 4.98 Å². The van der Waals surface area contributed by atoms with Gasteiger partial charge in [-0.2, -0.15) is 5.10 Å². The lowest BCUT2D eigenvalue weighted by molar-refractivity contribution is -0.113. The second kappa shape index (κ2) is 8.19. The predicted molar refractivity (Wildman–Crippen MR) is 112 cm³/mol. The van der Waals surface area contributed by atoms with Crippen LogP contribution in [0.25, 0.3) is 16.7 Å². The Bertz CT molecular complexity index is 1220. The van der Waals surface area contributed by atoms with E-state index in [1.807, 2.05) is 30.3 Å². The van der Waals surface area contributed by atoms with Crippen molar-refractivity contribution in [3.63, 3.8) is 0 Å². The molecule has 2 aromatic heterocycles. The van der Waals surface area contributed by atoms with Gasteiger partial charge in [-0.1, -0.05) is 36.0 Å². The lowest BCUT2D eigenvalue weighted by Gasteiger charge is -2.12. The van der Waals surface area contributed by atoms with Gasteiger partial charge >= 0.3 is 0 Å². The van der Waals surface area contributed by atoms with Crippen LogP contribution in [0.15, 0.2) is 70.7 Å². The van der Waals surface area contributed by atoms with E-state index in [2.05, 4.69) is 20.5 Å². The van der Waals surface area contributed by atoms with Gasteiger partial charge in [0.15, 0.2) is 10.8 Å². The van der Waals surface area contributed by atoms with Crippen LogP contribution in [0.4, 0.5) is 5.69 Å². The molecule has 4 aromatic rings. The molecule has 0 aliphatic heterocycles. The number of aromatic nitrogens is 4. The summed E-state index contributed by atoms with van der Waals surface area (Å²) in [6.07, 6.45) is 1.45. The normalized spacial score (nSPS) is 10.8. The number of carbonyl (C=O) groups excluding carboxylic acids is 1. The van der Waals surface area contributed by atoms with E-state index in [1.54, 1.807) is 31.4 Å². The molecular weight excluding hydrogens is 390 g/mol. The van der Waals surface area contributed by atoms with Crippen LogP contribution in [0, 0.1) is 0 Å². The highest BCUT2D eigenvalue weighted by molar-refractivity contribution is 7.99. The van der Waals surface area contributed by atoms with Gasteiger partial charge in [-0.3, -0.25) is 19.3 Å². The van der Waals surface area contributed by atoms with Gasteiger partial charge in [0.1, 0.15) is 11.1 Å². The maximum atomic E-state index is 13.0. The number of rotatable bonds is 6. The second-order valence-electron chi connectivity index (χ2n) is 6.07. The van der Waals surface area contributed by atoms with Crippen LogP contribution in [0.1, 0.15) is 0 Å². The quantitative estimate of drug-likeness (QED) is 0.376. The Labute approximate surface area is 169 Å². The van der Waals surface area contributed by atoms with E-state index < -0.39 is 0 Å². The molecule has 2 N–H and O–H groups in total. The number of ether oxygens (including phenoxy) is 1. The number of nitrogens with zero attached hydrogens (tertiary/aromatic N) is 3. The first-order valence-corrected chi connectivity index (χ1v) is 9.72. The summed E-state index contributed by atoms with van der Waals surface area (Å²) in [6, 6.07) is 16.3. The molecule has 1 amide bonds. The molecule has 2 aromatic carbocycles. The summed E-state index contributed by atoms with van der Waals surface area (Å²) >= 11 is 1.17. The maximum Gasteiger partial charge on any atom is 0.269 e. The number of thioether (sulfide) groups is 1. The van der Waals surface area contributed by atoms with E-state index in [0.29, 0.717) is 33.3 Å². The molecule has 8 nitrogen and oxygen atoms in total. The topological polar surface area (TPSA) is 102 Å². The minimum Gasteiger partial charge on any atom is -0.497 e. The van der Waals surface area contributed by atoms with Crippen molar-refractivity contribution in [3.05, 3.63) is 71.1 Å². The molecule has 0 aliphatic rings. The highest BCUT2D eigenvalue weighted by Crippen LogP contribution is 2.21. The highest BCUT2D eigenvalue weighted by Gasteiger charge is 2.16. The molecule has 0 saturated heterocycles. The molecule has 4 rings (SSSR count). The average molecular weight is 407 g/mol. The molecule has 146 valence electrons. The van der Waals surface area contributed by atoms with Gasteiger partial charge in [0.25, 0.3) is 5.56 Å². The largest absolute Gasteiger partial charge is 0.497 e. The molecule has 2 heterocycles.